The minimum absolute atomic E-state index is 0.0534. The van der Waals surface area contributed by atoms with Gasteiger partial charge in [-0.25, -0.2) is 0 Å². The normalized spacial score (nSPS) is 39.5. The summed E-state index contributed by atoms with van der Waals surface area (Å²) in [5.74, 6) is 1.52. The summed E-state index contributed by atoms with van der Waals surface area (Å²) >= 11 is 0. The van der Waals surface area contributed by atoms with E-state index < -0.39 is 0 Å². The molecule has 116 valence electrons. The molecular formula is C17H32N2O. The highest BCUT2D eigenvalue weighted by molar-refractivity contribution is 5.20. The van der Waals surface area contributed by atoms with Crippen LogP contribution >= 0.6 is 0 Å². The fourth-order valence-corrected chi connectivity index (χ4v) is 4.57. The lowest BCUT2D eigenvalue weighted by molar-refractivity contribution is -0.232. The van der Waals surface area contributed by atoms with Crippen LogP contribution in [0.5, 0.6) is 0 Å². The number of nitrogens with two attached hydrogens (primary N) is 1. The average molecular weight is 280 g/mol. The van der Waals surface area contributed by atoms with Crippen LogP contribution in [0.2, 0.25) is 0 Å². The smallest absolute Gasteiger partial charge is 0.0690 e. The molecule has 0 bridgehead atoms. The Balaban J connectivity index is 1.69. The molecule has 3 heteroatoms. The van der Waals surface area contributed by atoms with Gasteiger partial charge in [0.1, 0.15) is 0 Å². The van der Waals surface area contributed by atoms with E-state index in [0.29, 0.717) is 12.0 Å². The summed E-state index contributed by atoms with van der Waals surface area (Å²) in [6.07, 6.45) is 6.92. The van der Waals surface area contributed by atoms with Crippen LogP contribution in [-0.4, -0.2) is 42.8 Å². The van der Waals surface area contributed by atoms with E-state index in [0.717, 1.165) is 19.1 Å². The minimum atomic E-state index is -0.0534. The van der Waals surface area contributed by atoms with Crippen molar-refractivity contribution >= 4 is 0 Å². The first-order chi connectivity index (χ1) is 9.49. The van der Waals surface area contributed by atoms with Crippen molar-refractivity contribution in [1.29, 1.82) is 0 Å². The Morgan fingerprint density at radius 2 is 2.00 bits per heavy atom. The number of hydrogen-bond donors (Lipinski definition) is 1. The van der Waals surface area contributed by atoms with Gasteiger partial charge in [0.2, 0.25) is 0 Å². The topological polar surface area (TPSA) is 38.5 Å². The van der Waals surface area contributed by atoms with Crippen molar-refractivity contribution in [3.8, 4) is 0 Å². The van der Waals surface area contributed by atoms with Crippen LogP contribution in [0.3, 0.4) is 0 Å². The number of nitrogens with zero attached hydrogens (tertiary/aromatic N) is 1. The molecule has 0 amide bonds. The quantitative estimate of drug-likeness (QED) is 0.813. The Labute approximate surface area is 124 Å². The van der Waals surface area contributed by atoms with E-state index in [4.69, 9.17) is 10.5 Å². The Hall–Kier alpha value is -0.120. The Morgan fingerprint density at radius 3 is 2.65 bits per heavy atom. The average Bonchev–Trinajstić information content (AvgIpc) is 3.23. The highest BCUT2D eigenvalue weighted by atomic mass is 16.5. The molecule has 3 fully saturated rings. The second-order valence-corrected chi connectivity index (χ2v) is 7.98. The molecule has 0 aromatic heterocycles. The first-order valence-corrected chi connectivity index (χ1v) is 8.62. The molecule has 3 nitrogen and oxygen atoms in total. The van der Waals surface area contributed by atoms with Crippen LogP contribution in [0, 0.1) is 17.3 Å². The lowest BCUT2D eigenvalue weighted by atomic mass is 9.46. The highest BCUT2D eigenvalue weighted by Gasteiger charge is 2.66. The zero-order valence-electron chi connectivity index (χ0n) is 13.5. The molecule has 2 aliphatic carbocycles. The van der Waals surface area contributed by atoms with E-state index >= 15 is 0 Å². The van der Waals surface area contributed by atoms with Gasteiger partial charge in [-0.15, -0.1) is 0 Å². The van der Waals surface area contributed by atoms with Gasteiger partial charge in [0.15, 0.2) is 0 Å². The van der Waals surface area contributed by atoms with E-state index in [-0.39, 0.29) is 11.0 Å². The summed E-state index contributed by atoms with van der Waals surface area (Å²) in [5, 5.41) is 0. The van der Waals surface area contributed by atoms with Gasteiger partial charge in [0.05, 0.1) is 6.10 Å². The molecule has 3 atom stereocenters. The van der Waals surface area contributed by atoms with Crippen LogP contribution in [0.25, 0.3) is 0 Å². The first kappa shape index (κ1) is 14.8. The number of fused-ring (bicyclic) bond motifs is 1. The SMILES string of the molecule is CCCN(CC1CC1)CC1(N)C2CCCOC2C1(C)C. The fourth-order valence-electron chi connectivity index (χ4n) is 4.57. The van der Waals surface area contributed by atoms with Gasteiger partial charge in [-0.2, -0.15) is 0 Å². The zero-order chi connectivity index (χ0) is 14.4. The molecule has 0 radical (unpaired) electrons. The molecule has 1 heterocycles. The molecule has 3 rings (SSSR count). The van der Waals surface area contributed by atoms with E-state index in [2.05, 4.69) is 25.7 Å². The number of hydrogen-bond acceptors (Lipinski definition) is 3. The Kier molecular flexibility index (Phi) is 3.89. The molecule has 1 aliphatic heterocycles. The van der Waals surface area contributed by atoms with Gasteiger partial charge in [-0.05, 0) is 44.6 Å². The maximum atomic E-state index is 6.94. The summed E-state index contributed by atoms with van der Waals surface area (Å²) in [6, 6.07) is 0. The van der Waals surface area contributed by atoms with Crippen molar-refractivity contribution in [2.75, 3.05) is 26.2 Å². The van der Waals surface area contributed by atoms with Crippen molar-refractivity contribution in [3.63, 3.8) is 0 Å². The standard InChI is InChI=1S/C17H32N2O/c1-4-9-19(11-13-7-8-13)12-17(18)14-6-5-10-20-15(14)16(17,2)3/h13-15H,4-12,18H2,1-3H3. The van der Waals surface area contributed by atoms with Crippen LogP contribution in [0.15, 0.2) is 0 Å². The Bertz CT molecular complexity index is 353. The summed E-state index contributed by atoms with van der Waals surface area (Å²) in [5.41, 5.74) is 7.01. The Morgan fingerprint density at radius 1 is 1.25 bits per heavy atom. The molecule has 0 aromatic rings. The van der Waals surface area contributed by atoms with Crippen molar-refractivity contribution in [1.82, 2.24) is 4.90 Å². The van der Waals surface area contributed by atoms with Gasteiger partial charge in [0.25, 0.3) is 0 Å². The fraction of sp³-hybridized carbons (Fsp3) is 1.00. The third kappa shape index (κ3) is 2.32. The van der Waals surface area contributed by atoms with Crippen LogP contribution in [0.1, 0.15) is 52.9 Å². The lowest BCUT2D eigenvalue weighted by Gasteiger charge is -2.67. The van der Waals surface area contributed by atoms with Crippen molar-refractivity contribution in [3.05, 3.63) is 0 Å². The molecular weight excluding hydrogens is 248 g/mol. The summed E-state index contributed by atoms with van der Waals surface area (Å²) in [7, 11) is 0. The van der Waals surface area contributed by atoms with E-state index in [1.165, 1.54) is 45.2 Å². The zero-order valence-corrected chi connectivity index (χ0v) is 13.5. The second kappa shape index (κ2) is 5.26. The van der Waals surface area contributed by atoms with Gasteiger partial charge >= 0.3 is 0 Å². The van der Waals surface area contributed by atoms with Gasteiger partial charge in [0, 0.05) is 36.6 Å². The maximum absolute atomic E-state index is 6.94. The molecule has 0 aromatic carbocycles. The molecule has 3 aliphatic rings. The van der Waals surface area contributed by atoms with Crippen LogP contribution < -0.4 is 5.73 Å². The summed E-state index contributed by atoms with van der Waals surface area (Å²) in [4.78, 5) is 2.64. The molecule has 0 spiro atoms. The largest absolute Gasteiger partial charge is 0.377 e. The predicted molar refractivity (Wildman–Crippen MR) is 82.6 cm³/mol. The minimum Gasteiger partial charge on any atom is -0.377 e. The predicted octanol–water partition coefficient (Wildman–Crippen LogP) is 2.64. The van der Waals surface area contributed by atoms with Crippen LogP contribution in [0.4, 0.5) is 0 Å². The van der Waals surface area contributed by atoms with Gasteiger partial charge in [-0.3, -0.25) is 0 Å². The molecule has 1 saturated heterocycles. The van der Waals surface area contributed by atoms with Gasteiger partial charge < -0.3 is 15.4 Å². The summed E-state index contributed by atoms with van der Waals surface area (Å²) < 4.78 is 6.02. The monoisotopic (exact) mass is 280 g/mol. The second-order valence-electron chi connectivity index (χ2n) is 7.98. The molecule has 2 saturated carbocycles. The van der Waals surface area contributed by atoms with E-state index in [1.807, 2.05) is 0 Å². The number of ether oxygens (including phenoxy) is 1. The number of rotatable bonds is 6. The molecule has 2 N–H and O–H groups in total. The first-order valence-electron chi connectivity index (χ1n) is 8.62. The maximum Gasteiger partial charge on any atom is 0.0690 e. The van der Waals surface area contributed by atoms with Crippen LogP contribution in [-0.2, 0) is 4.74 Å². The third-order valence-corrected chi connectivity index (χ3v) is 6.13. The van der Waals surface area contributed by atoms with Crippen molar-refractivity contribution in [2.24, 2.45) is 23.0 Å². The van der Waals surface area contributed by atoms with E-state index in [1.54, 1.807) is 0 Å². The van der Waals surface area contributed by atoms with Crippen molar-refractivity contribution in [2.45, 2.75) is 64.5 Å². The summed E-state index contributed by atoms with van der Waals surface area (Å²) in [6.45, 7) is 11.4. The molecule has 20 heavy (non-hydrogen) atoms. The van der Waals surface area contributed by atoms with Crippen molar-refractivity contribution < 1.29 is 4.74 Å². The third-order valence-electron chi connectivity index (χ3n) is 6.13. The highest BCUT2D eigenvalue weighted by Crippen LogP contribution is 2.57. The molecule has 3 unspecified atom stereocenters. The van der Waals surface area contributed by atoms with Gasteiger partial charge in [-0.1, -0.05) is 20.8 Å². The van der Waals surface area contributed by atoms with E-state index in [9.17, 15) is 0 Å². The lowest BCUT2D eigenvalue weighted by Crippen LogP contribution is -2.80.